The van der Waals surface area contributed by atoms with Crippen LogP contribution in [0, 0.1) is 13.8 Å². The number of benzene rings is 1. The van der Waals surface area contributed by atoms with Gasteiger partial charge in [0.05, 0.1) is 12.7 Å². The Hall–Kier alpha value is -2.56. The number of aromatic nitrogens is 1. The number of nitrogens with zero attached hydrogens (tertiary/aromatic N) is 1. The largest absolute Gasteiger partial charge is 0.497 e. The molecule has 0 amide bonds. The van der Waals surface area contributed by atoms with Crippen molar-refractivity contribution in [2.75, 3.05) is 7.11 Å². The third kappa shape index (κ3) is 3.50. The second-order valence-electron chi connectivity index (χ2n) is 5.67. The molecule has 0 fully saturated rings. The summed E-state index contributed by atoms with van der Waals surface area (Å²) in [4.78, 5) is 24.8. The highest BCUT2D eigenvalue weighted by Gasteiger charge is 2.23. The first-order valence-electron chi connectivity index (χ1n) is 7.95. The Labute approximate surface area is 142 Å². The second kappa shape index (κ2) is 7.34. The van der Waals surface area contributed by atoms with Crippen LogP contribution in [-0.4, -0.2) is 29.5 Å². The van der Waals surface area contributed by atoms with E-state index in [2.05, 4.69) is 0 Å². The summed E-state index contributed by atoms with van der Waals surface area (Å²) in [6, 6.07) is 8.53. The fourth-order valence-corrected chi connectivity index (χ4v) is 2.76. The third-order valence-corrected chi connectivity index (χ3v) is 4.14. The molecule has 2 rings (SSSR count). The van der Waals surface area contributed by atoms with Crippen LogP contribution >= 0.6 is 0 Å². The van der Waals surface area contributed by atoms with E-state index in [0.29, 0.717) is 16.9 Å². The van der Waals surface area contributed by atoms with Crippen LogP contribution in [0.4, 0.5) is 0 Å². The first kappa shape index (κ1) is 17.8. The number of hydrogen-bond donors (Lipinski definition) is 0. The minimum atomic E-state index is -0.851. The molecule has 0 saturated carbocycles. The van der Waals surface area contributed by atoms with Crippen LogP contribution in [0.1, 0.15) is 46.0 Å². The Morgan fingerprint density at radius 2 is 1.79 bits per heavy atom. The van der Waals surface area contributed by atoms with Crippen molar-refractivity contribution in [2.24, 2.45) is 0 Å². The number of hydrogen-bond acceptors (Lipinski definition) is 4. The second-order valence-corrected chi connectivity index (χ2v) is 5.67. The summed E-state index contributed by atoms with van der Waals surface area (Å²) in [6.07, 6.45) is -0.851. The van der Waals surface area contributed by atoms with Crippen molar-refractivity contribution in [2.45, 2.75) is 40.3 Å². The van der Waals surface area contributed by atoms with E-state index in [0.717, 1.165) is 17.9 Å². The van der Waals surface area contributed by atoms with E-state index in [4.69, 9.17) is 9.47 Å². The summed E-state index contributed by atoms with van der Waals surface area (Å²) < 4.78 is 12.5. The summed E-state index contributed by atoms with van der Waals surface area (Å²) in [6.45, 7) is 8.21. The van der Waals surface area contributed by atoms with Gasteiger partial charge in [-0.1, -0.05) is 0 Å². The molecule has 0 unspecified atom stereocenters. The molecule has 0 N–H and O–H groups in total. The number of Topliss-reactive ketones (excluding diaryl/α,β-unsaturated/α-hetero) is 1. The van der Waals surface area contributed by atoms with Crippen molar-refractivity contribution in [1.82, 2.24) is 4.57 Å². The molecule has 24 heavy (non-hydrogen) atoms. The van der Waals surface area contributed by atoms with Gasteiger partial charge in [0.1, 0.15) is 5.75 Å². The number of ketones is 1. The minimum Gasteiger partial charge on any atom is -0.497 e. The third-order valence-electron chi connectivity index (χ3n) is 4.14. The van der Waals surface area contributed by atoms with Gasteiger partial charge in [-0.15, -0.1) is 0 Å². The van der Waals surface area contributed by atoms with Crippen LogP contribution < -0.4 is 4.74 Å². The van der Waals surface area contributed by atoms with Gasteiger partial charge in [-0.2, -0.15) is 0 Å². The molecule has 1 aromatic carbocycles. The number of ether oxygens (including phenoxy) is 2. The highest BCUT2D eigenvalue weighted by Crippen LogP contribution is 2.18. The van der Waals surface area contributed by atoms with E-state index in [1.165, 1.54) is 0 Å². The number of carbonyl (C=O) groups excluding carboxylic acids is 2. The van der Waals surface area contributed by atoms with Crippen LogP contribution in [0.5, 0.6) is 5.75 Å². The van der Waals surface area contributed by atoms with Gasteiger partial charge in [0.25, 0.3) is 0 Å². The molecule has 1 heterocycles. The van der Waals surface area contributed by atoms with Gasteiger partial charge in [0.15, 0.2) is 6.10 Å². The molecule has 0 bridgehead atoms. The predicted molar refractivity (Wildman–Crippen MR) is 91.8 cm³/mol. The fraction of sp³-hybridized carbons (Fsp3) is 0.368. The van der Waals surface area contributed by atoms with Crippen molar-refractivity contribution in [3.05, 3.63) is 52.8 Å². The van der Waals surface area contributed by atoms with Crippen molar-refractivity contribution in [1.29, 1.82) is 0 Å². The average molecular weight is 329 g/mol. The van der Waals surface area contributed by atoms with E-state index in [9.17, 15) is 9.59 Å². The molecular formula is C19H23NO4. The number of rotatable bonds is 6. The maximum Gasteiger partial charge on any atom is 0.340 e. The molecule has 0 radical (unpaired) electrons. The van der Waals surface area contributed by atoms with Gasteiger partial charge in [0.2, 0.25) is 5.78 Å². The lowest BCUT2D eigenvalue weighted by Gasteiger charge is -2.13. The van der Waals surface area contributed by atoms with E-state index in [1.807, 2.05) is 25.3 Å². The lowest BCUT2D eigenvalue weighted by atomic mass is 10.1. The molecule has 2 aromatic rings. The van der Waals surface area contributed by atoms with E-state index in [1.54, 1.807) is 44.4 Å². The maximum absolute atomic E-state index is 12.4. The topological polar surface area (TPSA) is 57.5 Å². The Balaban J connectivity index is 2.11. The highest BCUT2D eigenvalue weighted by molar-refractivity contribution is 6.01. The lowest BCUT2D eigenvalue weighted by molar-refractivity contribution is 0.0318. The van der Waals surface area contributed by atoms with Crippen LogP contribution in [-0.2, 0) is 11.3 Å². The predicted octanol–water partition coefficient (Wildman–Crippen LogP) is 3.56. The Bertz CT molecular complexity index is 743. The van der Waals surface area contributed by atoms with E-state index >= 15 is 0 Å². The van der Waals surface area contributed by atoms with Crippen LogP contribution in [0.3, 0.4) is 0 Å². The van der Waals surface area contributed by atoms with Gasteiger partial charge < -0.3 is 14.0 Å². The molecule has 0 aliphatic rings. The molecule has 1 atom stereocenters. The van der Waals surface area contributed by atoms with Crippen molar-refractivity contribution in [3.63, 3.8) is 0 Å². The standard InChI is InChI=1S/C19H23NO4/c1-6-20-12(2)11-17(13(20)3)19(22)24-14(4)18(21)15-7-9-16(23-5)10-8-15/h7-11,14H,6H2,1-5H3/t14-/m1/s1. The molecule has 128 valence electrons. The monoisotopic (exact) mass is 329 g/mol. The molecule has 0 spiro atoms. The summed E-state index contributed by atoms with van der Waals surface area (Å²) >= 11 is 0. The van der Waals surface area contributed by atoms with Crippen LogP contribution in [0.25, 0.3) is 0 Å². The number of aryl methyl sites for hydroxylation is 1. The highest BCUT2D eigenvalue weighted by atomic mass is 16.5. The SMILES string of the molecule is CCn1c(C)cc(C(=O)O[C@H](C)C(=O)c2ccc(OC)cc2)c1C. The molecular weight excluding hydrogens is 306 g/mol. The summed E-state index contributed by atoms with van der Waals surface area (Å²) in [5, 5.41) is 0. The number of methoxy groups -OCH3 is 1. The number of carbonyl (C=O) groups is 2. The first-order chi connectivity index (χ1) is 11.4. The molecule has 1 aromatic heterocycles. The zero-order chi connectivity index (χ0) is 17.9. The first-order valence-corrected chi connectivity index (χ1v) is 7.95. The normalized spacial score (nSPS) is 11.9. The van der Waals surface area contributed by atoms with Crippen molar-refractivity contribution >= 4 is 11.8 Å². The molecule has 5 nitrogen and oxygen atoms in total. The molecule has 5 heteroatoms. The smallest absolute Gasteiger partial charge is 0.340 e. The zero-order valence-electron chi connectivity index (χ0n) is 14.8. The van der Waals surface area contributed by atoms with Crippen molar-refractivity contribution < 1.29 is 19.1 Å². The molecule has 0 aliphatic carbocycles. The zero-order valence-corrected chi connectivity index (χ0v) is 14.8. The molecule has 0 aliphatic heterocycles. The quantitative estimate of drug-likeness (QED) is 0.600. The fourth-order valence-electron chi connectivity index (χ4n) is 2.76. The van der Waals surface area contributed by atoms with E-state index < -0.39 is 12.1 Å². The van der Waals surface area contributed by atoms with Crippen molar-refractivity contribution in [3.8, 4) is 5.75 Å². The summed E-state index contributed by atoms with van der Waals surface area (Å²) in [5.74, 6) is -0.0457. The van der Waals surface area contributed by atoms with Crippen LogP contribution in [0.15, 0.2) is 30.3 Å². The number of esters is 1. The Morgan fingerprint density at radius 3 is 2.29 bits per heavy atom. The Morgan fingerprint density at radius 1 is 1.17 bits per heavy atom. The summed E-state index contributed by atoms with van der Waals surface area (Å²) in [7, 11) is 1.56. The minimum absolute atomic E-state index is 0.240. The average Bonchev–Trinajstić information content (AvgIpc) is 2.88. The van der Waals surface area contributed by atoms with Gasteiger partial charge in [0, 0.05) is 23.5 Å². The van der Waals surface area contributed by atoms with Crippen LogP contribution in [0.2, 0.25) is 0 Å². The van der Waals surface area contributed by atoms with Gasteiger partial charge >= 0.3 is 5.97 Å². The summed E-state index contributed by atoms with van der Waals surface area (Å²) in [5.41, 5.74) is 2.83. The maximum atomic E-state index is 12.4. The van der Waals surface area contributed by atoms with Gasteiger partial charge in [-0.05, 0) is 58.0 Å². The van der Waals surface area contributed by atoms with E-state index in [-0.39, 0.29) is 5.78 Å². The lowest BCUT2D eigenvalue weighted by Crippen LogP contribution is -2.24. The Kier molecular flexibility index (Phi) is 5.44. The van der Waals surface area contributed by atoms with Gasteiger partial charge in [-0.3, -0.25) is 4.79 Å². The molecule has 0 saturated heterocycles. The van der Waals surface area contributed by atoms with Gasteiger partial charge in [-0.25, -0.2) is 4.79 Å².